The van der Waals surface area contributed by atoms with Crippen LogP contribution in [0.4, 0.5) is 5.69 Å². The summed E-state index contributed by atoms with van der Waals surface area (Å²) in [4.78, 5) is 0. The van der Waals surface area contributed by atoms with Crippen LogP contribution < -0.4 is 5.32 Å². The molecule has 84 valence electrons. The minimum atomic E-state index is 0.279. The van der Waals surface area contributed by atoms with Crippen LogP contribution in [-0.4, -0.2) is 0 Å². The SMILES string of the molecule is CC(Nc1cccc(Cl)c1Br)c1ccsc1. The molecule has 1 aromatic carbocycles. The topological polar surface area (TPSA) is 12.0 Å². The van der Waals surface area contributed by atoms with E-state index in [9.17, 15) is 0 Å². The molecule has 0 fully saturated rings. The van der Waals surface area contributed by atoms with E-state index in [0.29, 0.717) is 0 Å². The predicted molar refractivity (Wildman–Crippen MR) is 75.5 cm³/mol. The standard InChI is InChI=1S/C12H11BrClNS/c1-8(9-5-6-16-7-9)15-11-4-2-3-10(14)12(11)13/h2-8,15H,1H3. The number of thiophene rings is 1. The minimum absolute atomic E-state index is 0.279. The molecule has 1 unspecified atom stereocenters. The van der Waals surface area contributed by atoms with Gasteiger partial charge in [-0.05, 0) is 57.4 Å². The molecule has 0 bridgehead atoms. The molecule has 0 saturated heterocycles. The third-order valence-electron chi connectivity index (χ3n) is 2.37. The normalized spacial score (nSPS) is 12.4. The predicted octanol–water partition coefficient (Wildman–Crippen LogP) is 5.34. The van der Waals surface area contributed by atoms with E-state index in [0.717, 1.165) is 15.2 Å². The van der Waals surface area contributed by atoms with Crippen molar-refractivity contribution in [1.29, 1.82) is 0 Å². The molecule has 0 spiro atoms. The Balaban J connectivity index is 2.18. The maximum atomic E-state index is 6.04. The highest BCUT2D eigenvalue weighted by Gasteiger charge is 2.09. The molecule has 2 rings (SSSR count). The second kappa shape index (κ2) is 5.21. The molecule has 0 saturated carbocycles. The van der Waals surface area contributed by atoms with Gasteiger partial charge in [0.1, 0.15) is 0 Å². The number of anilines is 1. The van der Waals surface area contributed by atoms with Gasteiger partial charge in [-0.15, -0.1) is 0 Å². The lowest BCUT2D eigenvalue weighted by Gasteiger charge is -2.15. The first-order valence-corrected chi connectivity index (χ1v) is 7.02. The Bertz CT molecular complexity index is 470. The molecule has 4 heteroatoms. The molecule has 0 aliphatic heterocycles. The van der Waals surface area contributed by atoms with Crippen LogP contribution in [0.1, 0.15) is 18.5 Å². The number of rotatable bonds is 3. The summed E-state index contributed by atoms with van der Waals surface area (Å²) in [6, 6.07) is 8.22. The van der Waals surface area contributed by atoms with Gasteiger partial charge in [0.15, 0.2) is 0 Å². The van der Waals surface area contributed by atoms with Gasteiger partial charge in [-0.3, -0.25) is 0 Å². The lowest BCUT2D eigenvalue weighted by Crippen LogP contribution is -2.05. The van der Waals surface area contributed by atoms with Gasteiger partial charge in [-0.25, -0.2) is 0 Å². The number of hydrogen-bond acceptors (Lipinski definition) is 2. The number of halogens is 2. The molecular weight excluding hydrogens is 306 g/mol. The lowest BCUT2D eigenvalue weighted by molar-refractivity contribution is 0.889. The molecular formula is C12H11BrClNS. The fourth-order valence-electron chi connectivity index (χ4n) is 1.45. The summed E-state index contributed by atoms with van der Waals surface area (Å²) in [5.74, 6) is 0. The first-order chi connectivity index (χ1) is 7.68. The summed E-state index contributed by atoms with van der Waals surface area (Å²) in [6.07, 6.45) is 0. The molecule has 0 aliphatic carbocycles. The van der Waals surface area contributed by atoms with Gasteiger partial charge >= 0.3 is 0 Å². The Kier molecular flexibility index (Phi) is 3.90. The monoisotopic (exact) mass is 315 g/mol. The van der Waals surface area contributed by atoms with Gasteiger partial charge in [0.25, 0.3) is 0 Å². The number of hydrogen-bond donors (Lipinski definition) is 1. The van der Waals surface area contributed by atoms with Crippen LogP contribution in [-0.2, 0) is 0 Å². The van der Waals surface area contributed by atoms with Crippen LogP contribution in [0.25, 0.3) is 0 Å². The molecule has 1 N–H and O–H groups in total. The Morgan fingerprint density at radius 1 is 1.38 bits per heavy atom. The summed E-state index contributed by atoms with van der Waals surface area (Å²) in [7, 11) is 0. The van der Waals surface area contributed by atoms with E-state index in [1.807, 2.05) is 18.2 Å². The van der Waals surface area contributed by atoms with Gasteiger partial charge in [-0.1, -0.05) is 17.7 Å². The molecule has 16 heavy (non-hydrogen) atoms. The minimum Gasteiger partial charge on any atom is -0.378 e. The highest BCUT2D eigenvalue weighted by Crippen LogP contribution is 2.32. The molecule has 1 atom stereocenters. The van der Waals surface area contributed by atoms with Gasteiger partial charge in [0.2, 0.25) is 0 Å². The van der Waals surface area contributed by atoms with Crippen LogP contribution in [0, 0.1) is 0 Å². The van der Waals surface area contributed by atoms with Crippen LogP contribution >= 0.6 is 38.9 Å². The molecule has 0 aliphatic rings. The molecule has 0 amide bonds. The van der Waals surface area contributed by atoms with E-state index in [2.05, 4.69) is 45.0 Å². The Labute approximate surface area is 113 Å². The zero-order valence-electron chi connectivity index (χ0n) is 8.71. The van der Waals surface area contributed by atoms with Crippen LogP contribution in [0.15, 0.2) is 39.5 Å². The van der Waals surface area contributed by atoms with Crippen LogP contribution in [0.5, 0.6) is 0 Å². The first kappa shape index (κ1) is 12.0. The summed E-state index contributed by atoms with van der Waals surface area (Å²) in [5, 5.41) is 8.39. The average molecular weight is 317 g/mol. The van der Waals surface area contributed by atoms with Crippen molar-refractivity contribution >= 4 is 44.6 Å². The summed E-state index contributed by atoms with van der Waals surface area (Å²) in [6.45, 7) is 2.13. The molecule has 0 radical (unpaired) electrons. The van der Waals surface area contributed by atoms with Crippen molar-refractivity contribution in [1.82, 2.24) is 0 Å². The van der Waals surface area contributed by atoms with Gasteiger partial charge in [0, 0.05) is 6.04 Å². The van der Waals surface area contributed by atoms with E-state index in [4.69, 9.17) is 11.6 Å². The first-order valence-electron chi connectivity index (χ1n) is 4.91. The average Bonchev–Trinajstić information content (AvgIpc) is 2.78. The maximum Gasteiger partial charge on any atom is 0.0593 e. The van der Waals surface area contributed by atoms with Gasteiger partial charge in [-0.2, -0.15) is 11.3 Å². The van der Waals surface area contributed by atoms with E-state index in [1.54, 1.807) is 11.3 Å². The lowest BCUT2D eigenvalue weighted by atomic mass is 10.1. The van der Waals surface area contributed by atoms with Crippen molar-refractivity contribution in [2.45, 2.75) is 13.0 Å². The third kappa shape index (κ3) is 2.59. The second-order valence-electron chi connectivity index (χ2n) is 3.52. The largest absolute Gasteiger partial charge is 0.378 e. The zero-order chi connectivity index (χ0) is 11.5. The highest BCUT2D eigenvalue weighted by atomic mass is 79.9. The highest BCUT2D eigenvalue weighted by molar-refractivity contribution is 9.10. The fourth-order valence-corrected chi connectivity index (χ4v) is 2.76. The molecule has 1 aromatic heterocycles. The Morgan fingerprint density at radius 2 is 2.19 bits per heavy atom. The van der Waals surface area contributed by atoms with E-state index in [1.165, 1.54) is 5.56 Å². The third-order valence-corrected chi connectivity index (χ3v) is 4.47. The van der Waals surface area contributed by atoms with Crippen LogP contribution in [0.2, 0.25) is 5.02 Å². The Morgan fingerprint density at radius 3 is 2.88 bits per heavy atom. The second-order valence-corrected chi connectivity index (χ2v) is 5.50. The zero-order valence-corrected chi connectivity index (χ0v) is 11.9. The number of benzene rings is 1. The smallest absolute Gasteiger partial charge is 0.0593 e. The van der Waals surface area contributed by atoms with E-state index < -0.39 is 0 Å². The molecule has 1 heterocycles. The number of nitrogens with one attached hydrogen (secondary N) is 1. The van der Waals surface area contributed by atoms with Gasteiger partial charge < -0.3 is 5.32 Å². The van der Waals surface area contributed by atoms with Crippen molar-refractivity contribution in [2.75, 3.05) is 5.32 Å². The van der Waals surface area contributed by atoms with Crippen molar-refractivity contribution in [3.63, 3.8) is 0 Å². The van der Waals surface area contributed by atoms with Crippen molar-refractivity contribution in [3.05, 3.63) is 50.1 Å². The summed E-state index contributed by atoms with van der Waals surface area (Å²) < 4.78 is 0.916. The van der Waals surface area contributed by atoms with Crippen molar-refractivity contribution in [3.8, 4) is 0 Å². The Hall–Kier alpha value is -0.510. The fraction of sp³-hybridized carbons (Fsp3) is 0.167. The summed E-state index contributed by atoms with van der Waals surface area (Å²) in [5.41, 5.74) is 2.31. The van der Waals surface area contributed by atoms with E-state index >= 15 is 0 Å². The van der Waals surface area contributed by atoms with Crippen LogP contribution in [0.3, 0.4) is 0 Å². The maximum absolute atomic E-state index is 6.04. The van der Waals surface area contributed by atoms with Gasteiger partial charge in [0.05, 0.1) is 15.2 Å². The quantitative estimate of drug-likeness (QED) is 0.806. The molecule has 1 nitrogen and oxygen atoms in total. The summed E-state index contributed by atoms with van der Waals surface area (Å²) >= 11 is 11.2. The van der Waals surface area contributed by atoms with E-state index in [-0.39, 0.29) is 6.04 Å². The van der Waals surface area contributed by atoms with Crippen molar-refractivity contribution < 1.29 is 0 Å². The molecule has 2 aromatic rings. The van der Waals surface area contributed by atoms with Crippen molar-refractivity contribution in [2.24, 2.45) is 0 Å².